The van der Waals surface area contributed by atoms with Crippen molar-refractivity contribution in [1.82, 2.24) is 0 Å². The predicted molar refractivity (Wildman–Crippen MR) is 33.0 cm³/mol. The van der Waals surface area contributed by atoms with Gasteiger partial charge in [-0.2, -0.15) is 0 Å². The van der Waals surface area contributed by atoms with E-state index in [2.05, 4.69) is 0 Å². The minimum Gasteiger partial charge on any atom is -0.296 e. The van der Waals surface area contributed by atoms with E-state index < -0.39 is 5.67 Å². The molecule has 52 valence electrons. The minimum atomic E-state index is -1.50. The fourth-order valence-electron chi connectivity index (χ4n) is 1.14. The standard InChI is InChI=1S/C7H11FO/c1-7(8)5-3-2-4-6(7)9/h2-5H2,1H3/t7-/m0/s1. The number of carbonyl (C=O) groups excluding carboxylic acids is 1. The molecule has 1 atom stereocenters. The topological polar surface area (TPSA) is 17.1 Å². The number of halogens is 1. The van der Waals surface area contributed by atoms with Crippen molar-refractivity contribution in [3.05, 3.63) is 0 Å². The molecular weight excluding hydrogens is 119 g/mol. The third-order valence-corrected chi connectivity index (χ3v) is 1.88. The lowest BCUT2D eigenvalue weighted by atomic mass is 9.87. The summed E-state index contributed by atoms with van der Waals surface area (Å²) in [5, 5.41) is 0. The van der Waals surface area contributed by atoms with Gasteiger partial charge in [0.25, 0.3) is 0 Å². The lowest BCUT2D eigenvalue weighted by Gasteiger charge is -2.22. The van der Waals surface area contributed by atoms with Crippen LogP contribution in [0.2, 0.25) is 0 Å². The van der Waals surface area contributed by atoms with Gasteiger partial charge in [-0.3, -0.25) is 4.79 Å². The molecule has 0 aromatic heterocycles. The predicted octanol–water partition coefficient (Wildman–Crippen LogP) is 1.86. The van der Waals surface area contributed by atoms with Gasteiger partial charge in [0.2, 0.25) is 0 Å². The molecule has 2 heteroatoms. The molecule has 0 aromatic carbocycles. The molecule has 1 nitrogen and oxygen atoms in total. The molecule has 1 rings (SSSR count). The Morgan fingerprint density at radius 2 is 2.22 bits per heavy atom. The lowest BCUT2D eigenvalue weighted by molar-refractivity contribution is -0.132. The van der Waals surface area contributed by atoms with Crippen LogP contribution in [0.4, 0.5) is 4.39 Å². The maximum Gasteiger partial charge on any atom is 0.169 e. The summed E-state index contributed by atoms with van der Waals surface area (Å²) in [5.41, 5.74) is -1.50. The first-order valence-corrected chi connectivity index (χ1v) is 3.35. The normalized spacial score (nSPS) is 36.9. The number of ketones is 1. The van der Waals surface area contributed by atoms with Crippen LogP contribution in [0.15, 0.2) is 0 Å². The summed E-state index contributed by atoms with van der Waals surface area (Å²) in [4.78, 5) is 10.7. The van der Waals surface area contributed by atoms with E-state index in [-0.39, 0.29) is 5.78 Å². The number of carbonyl (C=O) groups is 1. The number of hydrogen-bond donors (Lipinski definition) is 0. The van der Waals surface area contributed by atoms with Crippen LogP contribution in [0, 0.1) is 0 Å². The van der Waals surface area contributed by atoms with E-state index >= 15 is 0 Å². The Kier molecular flexibility index (Phi) is 1.56. The molecular formula is C7H11FO. The molecule has 1 aliphatic rings. The van der Waals surface area contributed by atoms with Crippen molar-refractivity contribution >= 4 is 5.78 Å². The van der Waals surface area contributed by atoms with Gasteiger partial charge in [-0.05, 0) is 26.2 Å². The van der Waals surface area contributed by atoms with E-state index in [0.29, 0.717) is 12.8 Å². The molecule has 0 amide bonds. The van der Waals surface area contributed by atoms with Gasteiger partial charge in [0.1, 0.15) is 0 Å². The second-order valence-electron chi connectivity index (χ2n) is 2.83. The zero-order valence-electron chi connectivity index (χ0n) is 5.61. The summed E-state index contributed by atoms with van der Waals surface area (Å²) in [7, 11) is 0. The highest BCUT2D eigenvalue weighted by Crippen LogP contribution is 2.27. The highest BCUT2D eigenvalue weighted by atomic mass is 19.1. The van der Waals surface area contributed by atoms with E-state index in [1.54, 1.807) is 0 Å². The van der Waals surface area contributed by atoms with Crippen molar-refractivity contribution in [2.75, 3.05) is 0 Å². The summed E-state index contributed by atoms with van der Waals surface area (Å²) < 4.78 is 12.9. The van der Waals surface area contributed by atoms with Crippen molar-refractivity contribution in [1.29, 1.82) is 0 Å². The van der Waals surface area contributed by atoms with Crippen LogP contribution in [0.1, 0.15) is 32.6 Å². The molecule has 9 heavy (non-hydrogen) atoms. The Bertz CT molecular complexity index is 129. The van der Waals surface area contributed by atoms with Crippen LogP contribution in [-0.4, -0.2) is 11.5 Å². The maximum absolute atomic E-state index is 12.9. The van der Waals surface area contributed by atoms with E-state index in [4.69, 9.17) is 0 Å². The maximum atomic E-state index is 12.9. The number of hydrogen-bond acceptors (Lipinski definition) is 1. The van der Waals surface area contributed by atoms with Gasteiger partial charge < -0.3 is 0 Å². The highest BCUT2D eigenvalue weighted by molar-refractivity contribution is 5.87. The number of Topliss-reactive ketones (excluding diaryl/α,β-unsaturated/α-hetero) is 1. The molecule has 0 heterocycles. The second-order valence-corrected chi connectivity index (χ2v) is 2.83. The molecule has 0 N–H and O–H groups in total. The second kappa shape index (κ2) is 2.09. The van der Waals surface area contributed by atoms with Crippen molar-refractivity contribution in [3.63, 3.8) is 0 Å². The fourth-order valence-corrected chi connectivity index (χ4v) is 1.14. The number of rotatable bonds is 0. The molecule has 0 unspecified atom stereocenters. The average Bonchev–Trinajstić information content (AvgIpc) is 1.77. The van der Waals surface area contributed by atoms with E-state index in [9.17, 15) is 9.18 Å². The Labute approximate surface area is 54.3 Å². The van der Waals surface area contributed by atoms with Crippen molar-refractivity contribution in [2.24, 2.45) is 0 Å². The summed E-state index contributed by atoms with van der Waals surface area (Å²) in [6, 6.07) is 0. The summed E-state index contributed by atoms with van der Waals surface area (Å²) in [5.74, 6) is -0.214. The van der Waals surface area contributed by atoms with Crippen molar-refractivity contribution < 1.29 is 9.18 Å². The summed E-state index contributed by atoms with van der Waals surface area (Å²) in [6.07, 6.45) is 2.59. The SMILES string of the molecule is C[C@]1(F)CCCCC1=O. The van der Waals surface area contributed by atoms with Crippen LogP contribution in [0.5, 0.6) is 0 Å². The smallest absolute Gasteiger partial charge is 0.169 e. The van der Waals surface area contributed by atoms with E-state index in [0.717, 1.165) is 12.8 Å². The van der Waals surface area contributed by atoms with Gasteiger partial charge in [0.05, 0.1) is 0 Å². The van der Waals surface area contributed by atoms with E-state index in [1.807, 2.05) is 0 Å². The number of alkyl halides is 1. The Morgan fingerprint density at radius 1 is 1.56 bits per heavy atom. The first-order chi connectivity index (χ1) is 4.13. The Hall–Kier alpha value is -0.400. The summed E-state index contributed by atoms with van der Waals surface area (Å²) in [6.45, 7) is 1.38. The van der Waals surface area contributed by atoms with Crippen LogP contribution in [0.3, 0.4) is 0 Å². The van der Waals surface area contributed by atoms with E-state index in [1.165, 1.54) is 6.92 Å². The molecule has 1 fully saturated rings. The quantitative estimate of drug-likeness (QED) is 0.489. The van der Waals surface area contributed by atoms with Crippen molar-refractivity contribution in [2.45, 2.75) is 38.3 Å². The average molecular weight is 130 g/mol. The monoisotopic (exact) mass is 130 g/mol. The first kappa shape index (κ1) is 6.72. The minimum absolute atomic E-state index is 0.214. The Morgan fingerprint density at radius 3 is 2.56 bits per heavy atom. The molecule has 1 aliphatic carbocycles. The molecule has 1 saturated carbocycles. The summed E-state index contributed by atoms with van der Waals surface area (Å²) >= 11 is 0. The first-order valence-electron chi connectivity index (χ1n) is 3.35. The molecule has 0 radical (unpaired) electrons. The largest absolute Gasteiger partial charge is 0.296 e. The molecule has 0 aliphatic heterocycles. The van der Waals surface area contributed by atoms with Crippen LogP contribution >= 0.6 is 0 Å². The zero-order valence-corrected chi connectivity index (χ0v) is 5.61. The third kappa shape index (κ3) is 1.29. The van der Waals surface area contributed by atoms with Gasteiger partial charge in [-0.1, -0.05) is 0 Å². The van der Waals surface area contributed by atoms with Gasteiger partial charge in [-0.25, -0.2) is 4.39 Å². The molecule has 0 spiro atoms. The Balaban J connectivity index is 2.60. The van der Waals surface area contributed by atoms with Crippen LogP contribution in [-0.2, 0) is 4.79 Å². The molecule has 0 aromatic rings. The van der Waals surface area contributed by atoms with Gasteiger partial charge in [0, 0.05) is 6.42 Å². The molecule has 0 saturated heterocycles. The van der Waals surface area contributed by atoms with Crippen LogP contribution < -0.4 is 0 Å². The van der Waals surface area contributed by atoms with Gasteiger partial charge in [0.15, 0.2) is 11.5 Å². The highest BCUT2D eigenvalue weighted by Gasteiger charge is 2.34. The lowest BCUT2D eigenvalue weighted by Crippen LogP contribution is -2.32. The van der Waals surface area contributed by atoms with Gasteiger partial charge in [-0.15, -0.1) is 0 Å². The van der Waals surface area contributed by atoms with Gasteiger partial charge >= 0.3 is 0 Å². The van der Waals surface area contributed by atoms with Crippen LogP contribution in [0.25, 0.3) is 0 Å². The fraction of sp³-hybridized carbons (Fsp3) is 0.857. The zero-order chi connectivity index (χ0) is 6.91. The van der Waals surface area contributed by atoms with Crippen molar-refractivity contribution in [3.8, 4) is 0 Å². The third-order valence-electron chi connectivity index (χ3n) is 1.88. The molecule has 0 bridgehead atoms.